The third-order valence-electron chi connectivity index (χ3n) is 4.98. The molecule has 0 aliphatic carbocycles. The van der Waals surface area contributed by atoms with Crippen LogP contribution in [0.4, 0.5) is 0 Å². The molecule has 0 aliphatic rings. The summed E-state index contributed by atoms with van der Waals surface area (Å²) in [4.78, 5) is 19.0. The van der Waals surface area contributed by atoms with Crippen molar-refractivity contribution in [3.8, 4) is 5.75 Å². The van der Waals surface area contributed by atoms with E-state index in [-0.39, 0.29) is 5.91 Å². The van der Waals surface area contributed by atoms with Crippen LogP contribution < -0.4 is 15.4 Å². The lowest BCUT2D eigenvalue weighted by Crippen LogP contribution is -2.36. The smallest absolute Gasteiger partial charge is 0.253 e. The fourth-order valence-corrected chi connectivity index (χ4v) is 3.23. The zero-order chi connectivity index (χ0) is 22.6. The number of nitrogens with one attached hydrogen (secondary N) is 2. The molecule has 168 valence electrons. The first kappa shape index (κ1) is 24.3. The Hall–Kier alpha value is -3.02. The summed E-state index contributed by atoms with van der Waals surface area (Å²) in [5.41, 5.74) is 4.04. The maximum absolute atomic E-state index is 12.5. The first-order chi connectivity index (χ1) is 15.0. The molecule has 0 spiro atoms. The molecule has 0 fully saturated rings. The van der Waals surface area contributed by atoms with Crippen molar-refractivity contribution in [3.05, 3.63) is 64.7 Å². The highest BCUT2D eigenvalue weighted by Crippen LogP contribution is 2.20. The van der Waals surface area contributed by atoms with Gasteiger partial charge in [0.1, 0.15) is 5.75 Å². The molecule has 0 heterocycles. The van der Waals surface area contributed by atoms with Crippen molar-refractivity contribution in [2.75, 3.05) is 26.2 Å². The molecule has 0 radical (unpaired) electrons. The van der Waals surface area contributed by atoms with E-state index in [0.717, 1.165) is 29.4 Å². The number of benzene rings is 2. The maximum Gasteiger partial charge on any atom is 0.253 e. The highest BCUT2D eigenvalue weighted by Gasteiger charge is 2.12. The van der Waals surface area contributed by atoms with Gasteiger partial charge >= 0.3 is 0 Å². The van der Waals surface area contributed by atoms with Crippen LogP contribution in [-0.4, -0.2) is 43.0 Å². The molecule has 6 nitrogen and oxygen atoms in total. The zero-order valence-corrected chi connectivity index (χ0v) is 19.5. The zero-order valence-electron chi connectivity index (χ0n) is 19.5. The quantitative estimate of drug-likeness (QED) is 0.445. The van der Waals surface area contributed by atoms with Gasteiger partial charge in [0.05, 0.1) is 13.2 Å². The normalized spacial score (nSPS) is 11.2. The van der Waals surface area contributed by atoms with Crippen LogP contribution in [0.25, 0.3) is 0 Å². The molecule has 2 aromatic rings. The second-order valence-electron chi connectivity index (χ2n) is 7.27. The number of amides is 1. The van der Waals surface area contributed by atoms with Crippen LogP contribution in [0.1, 0.15) is 54.7 Å². The van der Waals surface area contributed by atoms with Gasteiger partial charge in [0.25, 0.3) is 5.91 Å². The van der Waals surface area contributed by atoms with Gasteiger partial charge in [0, 0.05) is 37.3 Å². The molecule has 2 aromatic carbocycles. The molecule has 2 rings (SSSR count). The fraction of sp³-hybridized carbons (Fsp3) is 0.440. The average Bonchev–Trinajstić information content (AvgIpc) is 2.78. The minimum Gasteiger partial charge on any atom is -0.494 e. The summed E-state index contributed by atoms with van der Waals surface area (Å²) >= 11 is 0. The van der Waals surface area contributed by atoms with Gasteiger partial charge in [-0.15, -0.1) is 0 Å². The Morgan fingerprint density at radius 3 is 2.32 bits per heavy atom. The molecule has 0 atom stereocenters. The predicted octanol–water partition coefficient (Wildman–Crippen LogP) is 4.13. The third-order valence-corrected chi connectivity index (χ3v) is 4.98. The summed E-state index contributed by atoms with van der Waals surface area (Å²) in [5, 5.41) is 6.67. The van der Waals surface area contributed by atoms with Crippen LogP contribution in [-0.2, 0) is 13.1 Å². The van der Waals surface area contributed by atoms with E-state index in [9.17, 15) is 4.79 Å². The van der Waals surface area contributed by atoms with Crippen molar-refractivity contribution in [2.45, 2.75) is 47.7 Å². The molecule has 0 saturated carbocycles. The Balaban J connectivity index is 2.04. The number of guanidine groups is 1. The summed E-state index contributed by atoms with van der Waals surface area (Å²) in [6.45, 7) is 14.1. The van der Waals surface area contributed by atoms with E-state index >= 15 is 0 Å². The van der Waals surface area contributed by atoms with Gasteiger partial charge in [-0.25, -0.2) is 4.99 Å². The highest BCUT2D eigenvalue weighted by atomic mass is 16.5. The number of hydrogen-bond donors (Lipinski definition) is 2. The summed E-state index contributed by atoms with van der Waals surface area (Å²) in [6.07, 6.45) is 0. The van der Waals surface area contributed by atoms with Crippen molar-refractivity contribution in [1.29, 1.82) is 0 Å². The molecule has 6 heteroatoms. The van der Waals surface area contributed by atoms with E-state index in [0.29, 0.717) is 38.3 Å². The second-order valence-corrected chi connectivity index (χ2v) is 7.27. The topological polar surface area (TPSA) is 66.0 Å². The van der Waals surface area contributed by atoms with Crippen LogP contribution in [0.2, 0.25) is 0 Å². The van der Waals surface area contributed by atoms with Gasteiger partial charge in [-0.2, -0.15) is 0 Å². The summed E-state index contributed by atoms with van der Waals surface area (Å²) < 4.78 is 5.77. The molecular formula is C25H36N4O2. The molecule has 0 saturated heterocycles. The van der Waals surface area contributed by atoms with Crippen LogP contribution >= 0.6 is 0 Å². The van der Waals surface area contributed by atoms with Crippen LogP contribution in [0.3, 0.4) is 0 Å². The van der Waals surface area contributed by atoms with Crippen LogP contribution in [0, 0.1) is 6.92 Å². The van der Waals surface area contributed by atoms with Crippen molar-refractivity contribution in [2.24, 2.45) is 4.99 Å². The number of carbonyl (C=O) groups excluding carboxylic acids is 1. The number of aliphatic imine (C=N–C) groups is 1. The highest BCUT2D eigenvalue weighted by molar-refractivity contribution is 5.94. The molecule has 0 bridgehead atoms. The monoisotopic (exact) mass is 424 g/mol. The van der Waals surface area contributed by atoms with Gasteiger partial charge in [-0.3, -0.25) is 4.79 Å². The Labute approximate surface area is 186 Å². The van der Waals surface area contributed by atoms with Crippen LogP contribution in [0.15, 0.2) is 47.5 Å². The molecule has 31 heavy (non-hydrogen) atoms. The Morgan fingerprint density at radius 1 is 1.00 bits per heavy atom. The number of aryl methyl sites for hydroxylation is 1. The third kappa shape index (κ3) is 7.31. The first-order valence-corrected chi connectivity index (χ1v) is 11.1. The standard InChI is InChI=1S/C25H36N4O2/c1-6-26-25(28-18-22-13-10-19(5)16-23(22)31-9-4)27-17-20-11-14-21(15-12-20)24(30)29(7-2)8-3/h10-16H,6-9,17-18H2,1-5H3,(H2,26,27,28). The van der Waals surface area contributed by atoms with Crippen molar-refractivity contribution >= 4 is 11.9 Å². The van der Waals surface area contributed by atoms with E-state index in [1.54, 1.807) is 0 Å². The number of hydrogen-bond acceptors (Lipinski definition) is 3. The molecular weight excluding hydrogens is 388 g/mol. The number of carbonyl (C=O) groups is 1. The van der Waals surface area contributed by atoms with Crippen molar-refractivity contribution in [3.63, 3.8) is 0 Å². The van der Waals surface area contributed by atoms with E-state index in [1.165, 1.54) is 5.56 Å². The summed E-state index contributed by atoms with van der Waals surface area (Å²) in [7, 11) is 0. The lowest BCUT2D eigenvalue weighted by Gasteiger charge is -2.18. The Bertz CT molecular complexity index is 858. The van der Waals surface area contributed by atoms with Gasteiger partial charge in [0.15, 0.2) is 5.96 Å². The summed E-state index contributed by atoms with van der Waals surface area (Å²) in [5.74, 6) is 1.71. The summed E-state index contributed by atoms with van der Waals surface area (Å²) in [6, 6.07) is 13.9. The van der Waals surface area contributed by atoms with E-state index in [4.69, 9.17) is 9.73 Å². The predicted molar refractivity (Wildman–Crippen MR) is 128 cm³/mol. The Kier molecular flexibility index (Phi) is 9.88. The van der Waals surface area contributed by atoms with E-state index in [1.807, 2.05) is 56.9 Å². The molecule has 1 amide bonds. The average molecular weight is 425 g/mol. The minimum absolute atomic E-state index is 0.0678. The van der Waals surface area contributed by atoms with Crippen molar-refractivity contribution in [1.82, 2.24) is 15.5 Å². The molecule has 0 unspecified atom stereocenters. The number of ether oxygens (including phenoxy) is 1. The van der Waals surface area contributed by atoms with E-state index in [2.05, 4.69) is 35.8 Å². The van der Waals surface area contributed by atoms with Gasteiger partial charge in [-0.1, -0.05) is 24.3 Å². The maximum atomic E-state index is 12.5. The lowest BCUT2D eigenvalue weighted by atomic mass is 10.1. The fourth-order valence-electron chi connectivity index (χ4n) is 3.23. The van der Waals surface area contributed by atoms with Gasteiger partial charge in [-0.05, 0) is 63.9 Å². The van der Waals surface area contributed by atoms with E-state index < -0.39 is 0 Å². The molecule has 2 N–H and O–H groups in total. The molecule has 0 aliphatic heterocycles. The second kappa shape index (κ2) is 12.6. The van der Waals surface area contributed by atoms with Crippen molar-refractivity contribution < 1.29 is 9.53 Å². The minimum atomic E-state index is 0.0678. The largest absolute Gasteiger partial charge is 0.494 e. The molecule has 0 aromatic heterocycles. The van der Waals surface area contributed by atoms with Gasteiger partial charge < -0.3 is 20.3 Å². The number of nitrogens with zero attached hydrogens (tertiary/aromatic N) is 2. The number of rotatable bonds is 10. The van der Waals surface area contributed by atoms with Gasteiger partial charge in [0.2, 0.25) is 0 Å². The first-order valence-electron chi connectivity index (χ1n) is 11.1. The van der Waals surface area contributed by atoms with Crippen LogP contribution in [0.5, 0.6) is 5.75 Å². The Morgan fingerprint density at radius 2 is 1.71 bits per heavy atom. The lowest BCUT2D eigenvalue weighted by molar-refractivity contribution is 0.0773. The SMILES string of the molecule is CCNC(=NCc1ccc(C(=O)N(CC)CC)cc1)NCc1ccc(C)cc1OCC.